The minimum atomic E-state index is -0.916. The zero-order valence-electron chi connectivity index (χ0n) is 9.78. The molecule has 1 N–H and O–H groups in total. The van der Waals surface area contributed by atoms with Gasteiger partial charge >= 0.3 is 5.97 Å². The Morgan fingerprint density at radius 2 is 2.47 bits per heavy atom. The van der Waals surface area contributed by atoms with Crippen LogP contribution in [-0.2, 0) is 4.79 Å². The van der Waals surface area contributed by atoms with E-state index in [2.05, 4.69) is 4.98 Å². The van der Waals surface area contributed by atoms with Crippen molar-refractivity contribution in [3.63, 3.8) is 0 Å². The molecule has 7 heteroatoms. The molecule has 2 aromatic rings. The number of fused-ring (bicyclic) bond motifs is 1. The predicted octanol–water partition coefficient (Wildman–Crippen LogP) is 1.62. The summed E-state index contributed by atoms with van der Waals surface area (Å²) in [6.07, 6.45) is 1.45. The summed E-state index contributed by atoms with van der Waals surface area (Å²) in [5.74, 6) is 0.166. The van der Waals surface area contributed by atoms with E-state index in [-0.39, 0.29) is 18.0 Å². The molecule has 0 unspecified atom stereocenters. The van der Waals surface area contributed by atoms with Gasteiger partial charge in [0.25, 0.3) is 5.56 Å². The Kier molecular flexibility index (Phi) is 2.90. The van der Waals surface area contributed by atoms with Gasteiger partial charge in [0, 0.05) is 11.8 Å². The van der Waals surface area contributed by atoms with Crippen molar-refractivity contribution < 1.29 is 14.3 Å². The van der Waals surface area contributed by atoms with Crippen molar-refractivity contribution in [2.45, 2.75) is 17.6 Å². The molecule has 3 heterocycles. The number of carboxylic acids is 1. The number of hydrogen-bond donors (Lipinski definition) is 1. The van der Waals surface area contributed by atoms with Crippen LogP contribution in [0.4, 0.5) is 0 Å². The summed E-state index contributed by atoms with van der Waals surface area (Å²) in [6.45, 7) is 0. The van der Waals surface area contributed by atoms with Crippen LogP contribution in [0, 0.1) is 0 Å². The van der Waals surface area contributed by atoms with Crippen molar-refractivity contribution in [1.29, 1.82) is 0 Å². The lowest BCUT2D eigenvalue weighted by Crippen LogP contribution is -2.25. The molecule has 0 aliphatic carbocycles. The smallest absolute Gasteiger partial charge is 0.305 e. The third-order valence-electron chi connectivity index (χ3n) is 2.87. The lowest BCUT2D eigenvalue weighted by Gasteiger charge is -2.10. The molecular weight excluding hydrogens is 268 g/mol. The maximum Gasteiger partial charge on any atom is 0.305 e. The highest BCUT2D eigenvalue weighted by Gasteiger charge is 2.27. The van der Waals surface area contributed by atoms with Gasteiger partial charge in [0.2, 0.25) is 0 Å². The van der Waals surface area contributed by atoms with Gasteiger partial charge in [-0.3, -0.25) is 14.2 Å². The van der Waals surface area contributed by atoms with Gasteiger partial charge in [0.1, 0.15) is 5.69 Å². The summed E-state index contributed by atoms with van der Waals surface area (Å²) in [5.41, 5.74) is 0.234. The number of carbonyl (C=O) groups is 1. The normalized spacial score (nSPS) is 17.4. The standard InChI is InChI=1S/C12H10N2O4S/c15-10-5-8(9-2-1-3-18-9)13-12-14(10)7(6-19-12)4-11(16)17/h1-3,5,7H,4,6H2,(H,16,17)/t7-/m0/s1. The largest absolute Gasteiger partial charge is 0.481 e. The molecule has 2 aromatic heterocycles. The fourth-order valence-electron chi connectivity index (χ4n) is 2.06. The molecule has 19 heavy (non-hydrogen) atoms. The summed E-state index contributed by atoms with van der Waals surface area (Å²) >= 11 is 1.39. The molecule has 0 radical (unpaired) electrons. The highest BCUT2D eigenvalue weighted by Crippen LogP contribution is 2.33. The third-order valence-corrected chi connectivity index (χ3v) is 3.97. The molecule has 1 aliphatic rings. The molecule has 98 valence electrons. The fourth-order valence-corrected chi connectivity index (χ4v) is 3.20. The number of furan rings is 1. The van der Waals surface area contributed by atoms with Gasteiger partial charge in [0.15, 0.2) is 10.9 Å². The zero-order valence-corrected chi connectivity index (χ0v) is 10.6. The quantitative estimate of drug-likeness (QED) is 0.859. The first-order valence-corrected chi connectivity index (χ1v) is 6.66. The molecule has 1 atom stereocenters. The molecule has 0 aromatic carbocycles. The van der Waals surface area contributed by atoms with Crippen LogP contribution in [0.15, 0.2) is 38.8 Å². The highest BCUT2D eigenvalue weighted by atomic mass is 32.2. The van der Waals surface area contributed by atoms with Gasteiger partial charge in [0.05, 0.1) is 18.7 Å². The van der Waals surface area contributed by atoms with Gasteiger partial charge in [-0.05, 0) is 12.1 Å². The molecule has 0 spiro atoms. The Hall–Kier alpha value is -2.02. The molecular formula is C12H10N2O4S. The Balaban J connectivity index is 2.03. The van der Waals surface area contributed by atoms with Gasteiger partial charge in [-0.25, -0.2) is 4.98 Å². The van der Waals surface area contributed by atoms with Crippen molar-refractivity contribution in [3.8, 4) is 11.5 Å². The maximum absolute atomic E-state index is 12.1. The monoisotopic (exact) mass is 278 g/mol. The number of hydrogen-bond acceptors (Lipinski definition) is 5. The van der Waals surface area contributed by atoms with E-state index >= 15 is 0 Å². The van der Waals surface area contributed by atoms with E-state index in [9.17, 15) is 9.59 Å². The average molecular weight is 278 g/mol. The van der Waals surface area contributed by atoms with E-state index in [1.54, 1.807) is 12.1 Å². The van der Waals surface area contributed by atoms with Gasteiger partial charge in [-0.15, -0.1) is 0 Å². The van der Waals surface area contributed by atoms with Crippen LogP contribution in [0.3, 0.4) is 0 Å². The minimum absolute atomic E-state index is 0.0678. The Bertz CT molecular complexity index is 678. The van der Waals surface area contributed by atoms with Gasteiger partial charge in [-0.1, -0.05) is 11.8 Å². The number of thioether (sulfide) groups is 1. The van der Waals surface area contributed by atoms with Gasteiger partial charge in [-0.2, -0.15) is 0 Å². The van der Waals surface area contributed by atoms with Crippen LogP contribution in [0.1, 0.15) is 12.5 Å². The van der Waals surface area contributed by atoms with Gasteiger partial charge < -0.3 is 9.52 Å². The topological polar surface area (TPSA) is 85.3 Å². The number of rotatable bonds is 3. The Labute approximate surface area is 112 Å². The summed E-state index contributed by atoms with van der Waals surface area (Å²) in [6, 6.07) is 4.50. The van der Waals surface area contributed by atoms with Crippen molar-refractivity contribution in [1.82, 2.24) is 9.55 Å². The van der Waals surface area contributed by atoms with E-state index in [0.29, 0.717) is 22.4 Å². The van der Waals surface area contributed by atoms with E-state index in [4.69, 9.17) is 9.52 Å². The molecule has 0 saturated carbocycles. The second kappa shape index (κ2) is 4.58. The minimum Gasteiger partial charge on any atom is -0.481 e. The SMILES string of the molecule is O=C(O)C[C@H]1CSc2nc(-c3ccco3)cc(=O)n21. The van der Waals surface area contributed by atoms with Crippen molar-refractivity contribution in [3.05, 3.63) is 34.8 Å². The fraction of sp³-hybridized carbons (Fsp3) is 0.250. The predicted molar refractivity (Wildman–Crippen MR) is 68.2 cm³/mol. The molecule has 0 bridgehead atoms. The second-order valence-corrected chi connectivity index (χ2v) is 5.16. The van der Waals surface area contributed by atoms with Crippen molar-refractivity contribution >= 4 is 17.7 Å². The van der Waals surface area contributed by atoms with Crippen LogP contribution in [0.25, 0.3) is 11.5 Å². The lowest BCUT2D eigenvalue weighted by atomic mass is 10.2. The van der Waals surface area contributed by atoms with Crippen molar-refractivity contribution in [2.75, 3.05) is 5.75 Å². The van der Waals surface area contributed by atoms with E-state index in [1.807, 2.05) is 0 Å². The highest BCUT2D eigenvalue weighted by molar-refractivity contribution is 7.99. The summed E-state index contributed by atoms with van der Waals surface area (Å²) in [4.78, 5) is 27.2. The van der Waals surface area contributed by atoms with Crippen LogP contribution in [0.2, 0.25) is 0 Å². The molecule has 0 amide bonds. The third kappa shape index (κ3) is 2.17. The molecule has 0 saturated heterocycles. The second-order valence-electron chi connectivity index (χ2n) is 4.17. The molecule has 1 aliphatic heterocycles. The van der Waals surface area contributed by atoms with Crippen LogP contribution in [0.5, 0.6) is 0 Å². The van der Waals surface area contributed by atoms with Crippen LogP contribution < -0.4 is 5.56 Å². The maximum atomic E-state index is 12.1. The average Bonchev–Trinajstić information content (AvgIpc) is 2.97. The summed E-state index contributed by atoms with van der Waals surface area (Å²) in [7, 11) is 0. The summed E-state index contributed by atoms with van der Waals surface area (Å²) in [5, 5.41) is 9.38. The molecule has 0 fully saturated rings. The lowest BCUT2D eigenvalue weighted by molar-refractivity contribution is -0.137. The van der Waals surface area contributed by atoms with Crippen LogP contribution >= 0.6 is 11.8 Å². The number of aromatic nitrogens is 2. The Morgan fingerprint density at radius 3 is 3.16 bits per heavy atom. The molecule has 3 rings (SSSR count). The van der Waals surface area contributed by atoms with E-state index in [0.717, 1.165) is 0 Å². The van der Waals surface area contributed by atoms with E-state index < -0.39 is 5.97 Å². The number of aliphatic carboxylic acids is 1. The van der Waals surface area contributed by atoms with E-state index in [1.165, 1.54) is 28.7 Å². The zero-order chi connectivity index (χ0) is 13.4. The molecule has 6 nitrogen and oxygen atoms in total. The summed E-state index contributed by atoms with van der Waals surface area (Å²) < 4.78 is 6.66. The van der Waals surface area contributed by atoms with Crippen molar-refractivity contribution in [2.24, 2.45) is 0 Å². The number of nitrogens with zero attached hydrogens (tertiary/aromatic N) is 2. The first-order valence-electron chi connectivity index (χ1n) is 5.67. The Morgan fingerprint density at radius 1 is 1.63 bits per heavy atom. The number of carboxylic acid groups (broad SMARTS) is 1. The first-order chi connectivity index (χ1) is 9.15. The first kappa shape index (κ1) is 12.0. The van der Waals surface area contributed by atoms with Crippen LogP contribution in [-0.4, -0.2) is 26.4 Å².